The molecule has 0 aromatic heterocycles. The van der Waals surface area contributed by atoms with Crippen molar-refractivity contribution in [3.05, 3.63) is 94.1 Å². The van der Waals surface area contributed by atoms with Crippen LogP contribution in [0.5, 0.6) is 0 Å². The second-order valence-corrected chi connectivity index (χ2v) is 21.7. The summed E-state index contributed by atoms with van der Waals surface area (Å²) < 4.78 is 204. The average Bonchev–Trinajstić information content (AvgIpc) is 3.17. The van der Waals surface area contributed by atoms with Gasteiger partial charge < -0.3 is 11.5 Å². The third kappa shape index (κ3) is 9.83. The van der Waals surface area contributed by atoms with Gasteiger partial charge in [0.1, 0.15) is 40.8 Å². The topological polar surface area (TPSA) is 461 Å². The molecule has 0 aliphatic heterocycles. The number of allylic oxidation sites excluding steroid dienone is 2. The van der Waals surface area contributed by atoms with Gasteiger partial charge in [0.05, 0.1) is 33.9 Å². The molecule has 0 spiro atoms. The van der Waals surface area contributed by atoms with Crippen LogP contribution >= 0.6 is 0 Å². The molecule has 2 aliphatic carbocycles. The van der Waals surface area contributed by atoms with Gasteiger partial charge in [-0.3, -0.25) is 47.8 Å². The lowest BCUT2D eigenvalue weighted by Gasteiger charge is -2.18. The molecule has 0 saturated carbocycles. The predicted octanol–water partition coefficient (Wildman–Crippen LogP) is 1.86. The number of benzene rings is 4. The molecule has 0 bridgehead atoms. The van der Waals surface area contributed by atoms with Crippen molar-refractivity contribution in [1.82, 2.24) is 0 Å². The number of nitrogens with zero attached hydrogens (tertiary/aromatic N) is 2. The van der Waals surface area contributed by atoms with Crippen LogP contribution in [0.2, 0.25) is 0 Å². The van der Waals surface area contributed by atoms with Crippen molar-refractivity contribution >= 4 is 131 Å². The lowest BCUT2D eigenvalue weighted by molar-refractivity contribution is 0.105. The third-order valence-corrected chi connectivity index (χ3v) is 14.5. The molecule has 0 unspecified atom stereocenters. The number of ketones is 2. The van der Waals surface area contributed by atoms with E-state index in [1.165, 1.54) is 0 Å². The number of hydrogen-bond acceptors (Lipinski definition) is 20. The van der Waals surface area contributed by atoms with E-state index >= 15 is 0 Å². The van der Waals surface area contributed by atoms with Crippen LogP contribution in [-0.4, -0.2) is 101 Å². The van der Waals surface area contributed by atoms with E-state index in [2.05, 4.69) is 21.1 Å². The lowest BCUT2D eigenvalue weighted by atomic mass is 9.93. The Bertz CT molecular complexity index is 3500. The molecule has 0 fully saturated rings. The van der Waals surface area contributed by atoms with Gasteiger partial charge in [0, 0.05) is 11.1 Å². The highest BCUT2D eigenvalue weighted by Gasteiger charge is 2.35. The number of fused-ring (bicyclic) bond motifs is 2. The summed E-state index contributed by atoms with van der Waals surface area (Å²) in [7, 11) is -31.1. The Morgan fingerprint density at radius 1 is 0.424 bits per heavy atom. The van der Waals surface area contributed by atoms with Crippen LogP contribution in [0.4, 0.5) is 22.7 Å². The number of Topliss-reactive ketones (excluding diaryl/α,β-unsaturated/α-hetero) is 2. The van der Waals surface area contributed by atoms with Crippen molar-refractivity contribution in [3.63, 3.8) is 0 Å². The molecule has 0 atom stereocenters. The van der Waals surface area contributed by atoms with Crippen LogP contribution in [0.1, 0.15) is 43.0 Å². The Balaban J connectivity index is 1.30. The van der Waals surface area contributed by atoms with E-state index in [1.807, 2.05) is 0 Å². The van der Waals surface area contributed by atoms with Crippen molar-refractivity contribution < 1.29 is 87.4 Å². The highest BCUT2D eigenvalue weighted by molar-refractivity contribution is 7.87. The first kappa shape index (κ1) is 48.9. The Kier molecular flexibility index (Phi) is 12.4. The first-order valence-electron chi connectivity index (χ1n) is 17.1. The third-order valence-electron chi connectivity index (χ3n) is 9.15. The number of hydrazone groups is 2. The number of anilines is 4. The number of nitrogens with one attached hydrogen (secondary N) is 2. The Morgan fingerprint density at radius 2 is 0.727 bits per heavy atom. The molecule has 6 rings (SSSR count). The van der Waals surface area contributed by atoms with E-state index in [0.717, 1.165) is 72.9 Å². The van der Waals surface area contributed by atoms with Gasteiger partial charge in [0.15, 0.2) is 0 Å². The van der Waals surface area contributed by atoms with E-state index < -0.39 is 147 Å². The molecular formula is C34H26N6O20S6. The molecule has 0 radical (unpaired) electrons. The fourth-order valence-electron chi connectivity index (χ4n) is 6.27. The molecule has 2 aliphatic rings. The molecule has 4 aromatic carbocycles. The first-order valence-corrected chi connectivity index (χ1v) is 25.7. The van der Waals surface area contributed by atoms with E-state index in [0.29, 0.717) is 12.1 Å². The summed E-state index contributed by atoms with van der Waals surface area (Å²) in [5.41, 5.74) is 9.37. The fraction of sp³-hybridized carbons (Fsp3) is 0. The second kappa shape index (κ2) is 16.7. The van der Waals surface area contributed by atoms with Gasteiger partial charge in [0.2, 0.25) is 11.6 Å². The summed E-state index contributed by atoms with van der Waals surface area (Å²) in [5.74, 6) is -2.45. The number of nitrogens with two attached hydrogens (primary N) is 2. The molecule has 26 nitrogen and oxygen atoms in total. The van der Waals surface area contributed by atoms with Crippen LogP contribution in [-0.2, 0) is 60.7 Å². The van der Waals surface area contributed by atoms with Crippen molar-refractivity contribution in [3.8, 4) is 0 Å². The molecule has 0 amide bonds. The molecule has 4 aromatic rings. The minimum absolute atomic E-state index is 0.247. The zero-order valence-corrected chi connectivity index (χ0v) is 36.9. The van der Waals surface area contributed by atoms with E-state index in [1.54, 1.807) is 0 Å². The Labute approximate surface area is 372 Å². The van der Waals surface area contributed by atoms with Gasteiger partial charge in [-0.2, -0.15) is 60.7 Å². The minimum atomic E-state index is -5.25. The molecule has 348 valence electrons. The van der Waals surface area contributed by atoms with E-state index in [-0.39, 0.29) is 22.5 Å². The van der Waals surface area contributed by atoms with E-state index in [9.17, 15) is 87.4 Å². The Hall–Kier alpha value is -6.56. The lowest BCUT2D eigenvalue weighted by Crippen LogP contribution is -2.23. The van der Waals surface area contributed by atoms with Crippen LogP contribution in [0, 0.1) is 0 Å². The number of carbonyl (C=O) groups is 2. The summed E-state index contributed by atoms with van der Waals surface area (Å²) in [5, 5.41) is 7.59. The summed E-state index contributed by atoms with van der Waals surface area (Å²) in [6.07, 6.45) is 5.63. The van der Waals surface area contributed by atoms with Crippen molar-refractivity contribution in [2.45, 2.75) is 29.4 Å². The molecular weight excluding hydrogens is 1000 g/mol. The van der Waals surface area contributed by atoms with Crippen LogP contribution in [0.25, 0.3) is 24.3 Å². The van der Waals surface area contributed by atoms with Gasteiger partial charge in [-0.15, -0.1) is 0 Å². The Morgan fingerprint density at radius 3 is 1.02 bits per heavy atom. The van der Waals surface area contributed by atoms with Crippen LogP contribution in [0.3, 0.4) is 0 Å². The first-order chi connectivity index (χ1) is 30.2. The number of carbonyl (C=O) groups excluding carboxylic acids is 2. The number of hydrogen-bond donors (Lipinski definition) is 10. The zero-order chi connectivity index (χ0) is 49.3. The summed E-state index contributed by atoms with van der Waals surface area (Å²) in [6, 6.07) is 6.65. The van der Waals surface area contributed by atoms with Gasteiger partial charge in [-0.1, -0.05) is 36.4 Å². The standard InChI is InChI=1S/C34H26N6O20S6/c35-31-27(65(55,56)57)13-25(63(49,50)51)19-7-9-21(33(41)29(19)31)39-37-17-5-3-15(23(11-17)61(43,44)45)1-2-16-4-6-18(12-24(16)62(46,47)48)38-40-22-10-8-20-26(64(52,53)54)14-28(66(58,59)60)32(36)30(20)34(22)42/h1-14,37-38H,35-36H2,(H,43,44,45)(H,46,47,48)(H,49,50,51)(H,52,53,54)(H,55,56,57)(H,58,59,60)/b2-1?,39-21+,40-22+. The number of nitrogen functional groups attached to an aromatic ring is 2. The van der Waals surface area contributed by atoms with Gasteiger partial charge >= 0.3 is 0 Å². The monoisotopic (exact) mass is 1030 g/mol. The maximum atomic E-state index is 13.3. The second-order valence-electron chi connectivity index (χ2n) is 13.4. The zero-order valence-electron chi connectivity index (χ0n) is 32.0. The quantitative estimate of drug-likeness (QED) is 0.0419. The summed E-state index contributed by atoms with van der Waals surface area (Å²) in [4.78, 5) is 20.3. The minimum Gasteiger partial charge on any atom is -0.397 e. The number of rotatable bonds is 12. The van der Waals surface area contributed by atoms with Crippen molar-refractivity contribution in [1.29, 1.82) is 0 Å². The largest absolute Gasteiger partial charge is 0.397 e. The maximum Gasteiger partial charge on any atom is 0.296 e. The van der Waals surface area contributed by atoms with E-state index in [4.69, 9.17) is 11.5 Å². The van der Waals surface area contributed by atoms with Crippen LogP contribution in [0.15, 0.2) is 100 Å². The highest BCUT2D eigenvalue weighted by atomic mass is 32.2. The van der Waals surface area contributed by atoms with Crippen LogP contribution < -0.4 is 22.3 Å². The fourth-order valence-corrected chi connectivity index (χ4v) is 10.6. The summed E-state index contributed by atoms with van der Waals surface area (Å²) in [6.45, 7) is 0. The molecule has 66 heavy (non-hydrogen) atoms. The molecule has 0 heterocycles. The maximum absolute atomic E-state index is 13.3. The molecule has 32 heteroatoms. The van der Waals surface area contributed by atoms with Gasteiger partial charge in [0.25, 0.3) is 60.7 Å². The predicted molar refractivity (Wildman–Crippen MR) is 231 cm³/mol. The SMILES string of the molecule is Nc1c(S(=O)(=O)O)cc(S(=O)(=O)O)c2c1C(=O)/C(=N/Nc1ccc(C=Cc3ccc(N/N=C4\C=Cc5c(S(=O)(=O)O)cc(S(=O)(=O)O)c(N)c5C4=O)cc3S(=O)(=O)O)c(S(=O)(=O)O)c1)C=C2. The van der Waals surface area contributed by atoms with Gasteiger partial charge in [-0.05, 0) is 59.7 Å². The van der Waals surface area contributed by atoms with Crippen molar-refractivity contribution in [2.75, 3.05) is 22.3 Å². The van der Waals surface area contributed by atoms with Crippen molar-refractivity contribution in [2.24, 2.45) is 10.2 Å². The van der Waals surface area contributed by atoms with Gasteiger partial charge in [-0.25, -0.2) is 0 Å². The summed E-state index contributed by atoms with van der Waals surface area (Å²) >= 11 is 0. The normalized spacial score (nSPS) is 15.9. The molecule has 12 N–H and O–H groups in total. The highest BCUT2D eigenvalue weighted by Crippen LogP contribution is 2.37. The smallest absolute Gasteiger partial charge is 0.296 e. The average molecular weight is 1030 g/mol. The molecule has 0 saturated heterocycles.